The smallest absolute Gasteiger partial charge is 0.270 e. The lowest BCUT2D eigenvalue weighted by Gasteiger charge is -2.14. The Hall–Kier alpha value is -3.03. The first kappa shape index (κ1) is 16.8. The van der Waals surface area contributed by atoms with Gasteiger partial charge >= 0.3 is 0 Å². The van der Waals surface area contributed by atoms with Crippen molar-refractivity contribution in [1.29, 1.82) is 0 Å². The fourth-order valence-corrected chi connectivity index (χ4v) is 2.52. The van der Waals surface area contributed by atoms with Crippen LogP contribution in [0.4, 0.5) is 11.4 Å². The SMILES string of the molecule is O=[N+]([O-])c1ccc2nc(-c3ccccc3)cc(NC[C@H](O)CO)c2c1. The van der Waals surface area contributed by atoms with Gasteiger partial charge in [0.2, 0.25) is 0 Å². The maximum atomic E-state index is 11.0. The molecule has 7 nitrogen and oxygen atoms in total. The van der Waals surface area contributed by atoms with E-state index in [0.29, 0.717) is 22.3 Å². The Labute approximate surface area is 143 Å². The van der Waals surface area contributed by atoms with Crippen LogP contribution in [-0.4, -0.2) is 39.4 Å². The number of benzene rings is 2. The molecule has 0 unspecified atom stereocenters. The van der Waals surface area contributed by atoms with Gasteiger partial charge in [-0.3, -0.25) is 10.1 Å². The molecule has 0 saturated heterocycles. The monoisotopic (exact) mass is 339 g/mol. The first-order valence-electron chi connectivity index (χ1n) is 7.76. The molecule has 3 aromatic rings. The van der Waals surface area contributed by atoms with Crippen molar-refractivity contribution in [2.45, 2.75) is 6.10 Å². The van der Waals surface area contributed by atoms with Gasteiger partial charge in [0.05, 0.1) is 28.8 Å². The summed E-state index contributed by atoms with van der Waals surface area (Å²) in [4.78, 5) is 15.2. The summed E-state index contributed by atoms with van der Waals surface area (Å²) in [6.45, 7) is -0.256. The molecule has 0 saturated carbocycles. The van der Waals surface area contributed by atoms with Gasteiger partial charge < -0.3 is 15.5 Å². The molecular formula is C18H17N3O4. The van der Waals surface area contributed by atoms with E-state index in [1.807, 2.05) is 30.3 Å². The predicted octanol–water partition coefficient (Wildman–Crippen LogP) is 2.58. The normalized spacial score (nSPS) is 12.1. The molecule has 0 bridgehead atoms. The van der Waals surface area contributed by atoms with E-state index in [2.05, 4.69) is 10.3 Å². The van der Waals surface area contributed by atoms with Gasteiger partial charge in [0.15, 0.2) is 0 Å². The van der Waals surface area contributed by atoms with Crippen molar-refractivity contribution in [3.8, 4) is 11.3 Å². The number of hydrogen-bond donors (Lipinski definition) is 3. The Morgan fingerprint density at radius 1 is 1.16 bits per heavy atom. The Balaban J connectivity index is 2.12. The van der Waals surface area contributed by atoms with Crippen molar-refractivity contribution in [3.63, 3.8) is 0 Å². The van der Waals surface area contributed by atoms with Crippen LogP contribution in [0.3, 0.4) is 0 Å². The number of nitrogens with zero attached hydrogens (tertiary/aromatic N) is 2. The standard InChI is InChI=1S/C18H17N3O4/c22-11-14(23)10-19-18-9-17(12-4-2-1-3-5-12)20-16-7-6-13(21(24)25)8-15(16)18/h1-9,14,22-23H,10-11H2,(H,19,20)/t14-/m0/s1. The Morgan fingerprint density at radius 2 is 1.92 bits per heavy atom. The van der Waals surface area contributed by atoms with Crippen LogP contribution in [0.5, 0.6) is 0 Å². The molecule has 0 aliphatic rings. The predicted molar refractivity (Wildman–Crippen MR) is 95.4 cm³/mol. The van der Waals surface area contributed by atoms with Crippen molar-refractivity contribution in [2.75, 3.05) is 18.5 Å². The molecule has 3 N–H and O–H groups in total. The third-order valence-corrected chi connectivity index (χ3v) is 3.81. The number of nitrogens with one attached hydrogen (secondary N) is 1. The zero-order chi connectivity index (χ0) is 17.8. The van der Waals surface area contributed by atoms with E-state index in [1.54, 1.807) is 12.1 Å². The average molecular weight is 339 g/mol. The first-order valence-corrected chi connectivity index (χ1v) is 7.76. The van der Waals surface area contributed by atoms with Crippen molar-refractivity contribution in [1.82, 2.24) is 4.98 Å². The molecular weight excluding hydrogens is 322 g/mol. The van der Waals surface area contributed by atoms with Crippen LogP contribution in [0.1, 0.15) is 0 Å². The van der Waals surface area contributed by atoms with Gasteiger partial charge in [-0.05, 0) is 12.1 Å². The van der Waals surface area contributed by atoms with Gasteiger partial charge in [0, 0.05) is 35.3 Å². The maximum Gasteiger partial charge on any atom is 0.270 e. The minimum Gasteiger partial charge on any atom is -0.394 e. The lowest BCUT2D eigenvalue weighted by molar-refractivity contribution is -0.384. The van der Waals surface area contributed by atoms with Crippen molar-refractivity contribution < 1.29 is 15.1 Å². The summed E-state index contributed by atoms with van der Waals surface area (Å²) < 4.78 is 0. The molecule has 7 heteroatoms. The number of rotatable bonds is 6. The molecule has 2 aromatic carbocycles. The highest BCUT2D eigenvalue weighted by Crippen LogP contribution is 2.30. The molecule has 1 aromatic heterocycles. The molecule has 0 spiro atoms. The number of fused-ring (bicyclic) bond motifs is 1. The van der Waals surface area contributed by atoms with E-state index in [-0.39, 0.29) is 18.8 Å². The number of nitro groups is 1. The highest BCUT2D eigenvalue weighted by molar-refractivity contribution is 5.95. The number of pyridine rings is 1. The molecule has 1 heterocycles. The molecule has 3 rings (SSSR count). The van der Waals surface area contributed by atoms with Crippen molar-refractivity contribution in [3.05, 3.63) is 64.7 Å². The maximum absolute atomic E-state index is 11.0. The van der Waals surface area contributed by atoms with Gasteiger partial charge in [-0.2, -0.15) is 0 Å². The van der Waals surface area contributed by atoms with Gasteiger partial charge in [-0.1, -0.05) is 30.3 Å². The molecule has 0 radical (unpaired) electrons. The second kappa shape index (κ2) is 7.25. The van der Waals surface area contributed by atoms with Crippen LogP contribution in [0.15, 0.2) is 54.6 Å². The summed E-state index contributed by atoms with van der Waals surface area (Å²) >= 11 is 0. The fraction of sp³-hybridized carbons (Fsp3) is 0.167. The fourth-order valence-electron chi connectivity index (χ4n) is 2.52. The minimum atomic E-state index is -0.929. The first-order chi connectivity index (χ1) is 12.1. The molecule has 0 fully saturated rings. The topological polar surface area (TPSA) is 109 Å². The van der Waals surface area contributed by atoms with Crippen LogP contribution in [0.25, 0.3) is 22.2 Å². The van der Waals surface area contributed by atoms with E-state index in [4.69, 9.17) is 5.11 Å². The summed E-state index contributed by atoms with van der Waals surface area (Å²) in [7, 11) is 0. The van der Waals surface area contributed by atoms with E-state index in [9.17, 15) is 15.2 Å². The van der Waals surface area contributed by atoms with Gasteiger partial charge in [0.25, 0.3) is 5.69 Å². The summed E-state index contributed by atoms with van der Waals surface area (Å²) in [6.07, 6.45) is -0.929. The van der Waals surface area contributed by atoms with Gasteiger partial charge in [-0.25, -0.2) is 4.98 Å². The number of anilines is 1. The number of aliphatic hydroxyl groups excluding tert-OH is 2. The average Bonchev–Trinajstić information content (AvgIpc) is 2.65. The van der Waals surface area contributed by atoms with Gasteiger partial charge in [-0.15, -0.1) is 0 Å². The zero-order valence-electron chi connectivity index (χ0n) is 13.3. The molecule has 1 atom stereocenters. The van der Waals surface area contributed by atoms with E-state index in [0.717, 1.165) is 5.56 Å². The Morgan fingerprint density at radius 3 is 2.60 bits per heavy atom. The largest absolute Gasteiger partial charge is 0.394 e. The van der Waals surface area contributed by atoms with Crippen LogP contribution in [-0.2, 0) is 0 Å². The van der Waals surface area contributed by atoms with E-state index >= 15 is 0 Å². The molecule has 0 aliphatic heterocycles. The zero-order valence-corrected chi connectivity index (χ0v) is 13.3. The molecule has 0 aliphatic carbocycles. The number of aliphatic hydroxyl groups is 2. The van der Waals surface area contributed by atoms with Crippen LogP contribution in [0, 0.1) is 10.1 Å². The quantitative estimate of drug-likeness (QED) is 0.470. The highest BCUT2D eigenvalue weighted by atomic mass is 16.6. The van der Waals surface area contributed by atoms with Crippen LogP contribution >= 0.6 is 0 Å². The lowest BCUT2D eigenvalue weighted by Crippen LogP contribution is -2.23. The number of non-ortho nitro benzene ring substituents is 1. The number of hydrogen-bond acceptors (Lipinski definition) is 6. The summed E-state index contributed by atoms with van der Waals surface area (Å²) in [5.74, 6) is 0. The summed E-state index contributed by atoms with van der Waals surface area (Å²) in [5.41, 5.74) is 2.80. The Bertz CT molecular complexity index is 899. The minimum absolute atomic E-state index is 0.0347. The van der Waals surface area contributed by atoms with Crippen LogP contribution < -0.4 is 5.32 Å². The third kappa shape index (κ3) is 3.73. The Kier molecular flexibility index (Phi) is 4.87. The molecule has 0 amide bonds. The lowest BCUT2D eigenvalue weighted by atomic mass is 10.1. The third-order valence-electron chi connectivity index (χ3n) is 3.81. The number of nitro benzene ring substituents is 1. The highest BCUT2D eigenvalue weighted by Gasteiger charge is 2.13. The summed E-state index contributed by atoms with van der Waals surface area (Å²) in [6, 6.07) is 15.8. The number of aromatic nitrogens is 1. The van der Waals surface area contributed by atoms with E-state index < -0.39 is 11.0 Å². The second-order valence-corrected chi connectivity index (χ2v) is 5.60. The van der Waals surface area contributed by atoms with Crippen LogP contribution in [0.2, 0.25) is 0 Å². The summed E-state index contributed by atoms with van der Waals surface area (Å²) in [5, 5.41) is 33.2. The van der Waals surface area contributed by atoms with Crippen molar-refractivity contribution >= 4 is 22.3 Å². The molecule has 25 heavy (non-hydrogen) atoms. The van der Waals surface area contributed by atoms with Gasteiger partial charge in [0.1, 0.15) is 0 Å². The second-order valence-electron chi connectivity index (χ2n) is 5.60. The van der Waals surface area contributed by atoms with E-state index in [1.165, 1.54) is 12.1 Å². The molecule has 128 valence electrons. The van der Waals surface area contributed by atoms with Crippen molar-refractivity contribution in [2.24, 2.45) is 0 Å².